The van der Waals surface area contributed by atoms with Crippen LogP contribution >= 0.6 is 0 Å². The van der Waals surface area contributed by atoms with E-state index in [1.165, 1.54) is 17.9 Å². The summed E-state index contributed by atoms with van der Waals surface area (Å²) in [6, 6.07) is 10.1. The number of benzene rings is 2. The number of nitrogens with zero attached hydrogens (tertiary/aromatic N) is 2. The van der Waals surface area contributed by atoms with Gasteiger partial charge in [0.2, 0.25) is 21.8 Å². The molecule has 0 saturated carbocycles. The maximum atomic E-state index is 13.4. The molecule has 0 bridgehead atoms. The Morgan fingerprint density at radius 2 is 1.71 bits per heavy atom. The van der Waals surface area contributed by atoms with Crippen molar-refractivity contribution >= 4 is 27.5 Å². The van der Waals surface area contributed by atoms with E-state index in [2.05, 4.69) is 5.32 Å². The lowest BCUT2D eigenvalue weighted by Crippen LogP contribution is -2.51. The zero-order valence-corrected chi connectivity index (χ0v) is 20.9. The minimum absolute atomic E-state index is 0.0139. The smallest absolute Gasteiger partial charge is 0.354 e. The number of carbonyl (C=O) groups excluding carboxylic acids is 2. The standard InChI is InChI=1S/C24H30F3N3O4S/c1-5-13-28-23(32)18(3)29(15-19-11-9-17(2)10-12-19)22(31)16-30(35(4,33)34)21-8-6-7-20(14-21)24(25,26)27/h6-12,14,18H,5,13,15-16H2,1-4H3,(H,28,32)/t18-/m1/s1. The molecule has 0 aliphatic carbocycles. The number of sulfonamides is 1. The summed E-state index contributed by atoms with van der Waals surface area (Å²) in [5, 5.41) is 2.71. The third-order valence-corrected chi connectivity index (χ3v) is 6.47. The molecule has 0 unspecified atom stereocenters. The molecule has 192 valence electrons. The van der Waals surface area contributed by atoms with Crippen LogP contribution in [0.5, 0.6) is 0 Å². The first kappa shape index (κ1) is 28.2. The Morgan fingerprint density at radius 3 is 2.26 bits per heavy atom. The average Bonchev–Trinajstić information content (AvgIpc) is 2.78. The number of nitrogens with one attached hydrogen (secondary N) is 1. The second-order valence-electron chi connectivity index (χ2n) is 8.29. The molecular formula is C24H30F3N3O4S. The third kappa shape index (κ3) is 7.98. The van der Waals surface area contributed by atoms with Crippen LogP contribution in [0.4, 0.5) is 18.9 Å². The van der Waals surface area contributed by atoms with Gasteiger partial charge < -0.3 is 10.2 Å². The van der Waals surface area contributed by atoms with Crippen LogP contribution in [0.3, 0.4) is 0 Å². The van der Waals surface area contributed by atoms with Gasteiger partial charge in [-0.15, -0.1) is 0 Å². The first-order valence-corrected chi connectivity index (χ1v) is 12.9. The zero-order valence-electron chi connectivity index (χ0n) is 20.1. The lowest BCUT2D eigenvalue weighted by molar-refractivity contribution is -0.139. The van der Waals surface area contributed by atoms with Crippen LogP contribution < -0.4 is 9.62 Å². The lowest BCUT2D eigenvalue weighted by atomic mass is 10.1. The predicted molar refractivity (Wildman–Crippen MR) is 128 cm³/mol. The number of amides is 2. The Balaban J connectivity index is 2.41. The minimum atomic E-state index is -4.69. The molecule has 1 atom stereocenters. The van der Waals surface area contributed by atoms with Crippen LogP contribution in [-0.2, 0) is 32.3 Å². The normalized spacial score (nSPS) is 12.7. The fraction of sp³-hybridized carbons (Fsp3) is 0.417. The highest BCUT2D eigenvalue weighted by Crippen LogP contribution is 2.32. The topological polar surface area (TPSA) is 86.8 Å². The Bertz CT molecular complexity index is 1140. The molecule has 1 N–H and O–H groups in total. The van der Waals surface area contributed by atoms with E-state index >= 15 is 0 Å². The van der Waals surface area contributed by atoms with E-state index in [0.717, 1.165) is 24.0 Å². The summed E-state index contributed by atoms with van der Waals surface area (Å²) < 4.78 is 65.2. The van der Waals surface area contributed by atoms with E-state index in [0.29, 0.717) is 28.9 Å². The number of rotatable bonds is 10. The number of carbonyl (C=O) groups is 2. The van der Waals surface area contributed by atoms with Gasteiger partial charge >= 0.3 is 6.18 Å². The molecule has 7 nitrogen and oxygen atoms in total. The molecule has 0 aliphatic heterocycles. The molecule has 35 heavy (non-hydrogen) atoms. The van der Waals surface area contributed by atoms with Crippen molar-refractivity contribution in [1.29, 1.82) is 0 Å². The van der Waals surface area contributed by atoms with Gasteiger partial charge in [-0.2, -0.15) is 13.2 Å². The fourth-order valence-corrected chi connectivity index (χ4v) is 4.16. The fourth-order valence-electron chi connectivity index (χ4n) is 3.32. The summed E-state index contributed by atoms with van der Waals surface area (Å²) in [5.41, 5.74) is 0.367. The number of aryl methyl sites for hydroxylation is 1. The van der Waals surface area contributed by atoms with Crippen molar-refractivity contribution in [2.24, 2.45) is 0 Å². The molecule has 0 radical (unpaired) electrons. The van der Waals surface area contributed by atoms with E-state index in [1.807, 2.05) is 26.0 Å². The minimum Gasteiger partial charge on any atom is -0.354 e. The van der Waals surface area contributed by atoms with Gasteiger partial charge in [-0.05, 0) is 44.0 Å². The lowest BCUT2D eigenvalue weighted by Gasteiger charge is -2.31. The van der Waals surface area contributed by atoms with Crippen molar-refractivity contribution in [1.82, 2.24) is 10.2 Å². The second-order valence-corrected chi connectivity index (χ2v) is 10.2. The highest BCUT2D eigenvalue weighted by atomic mass is 32.2. The first-order valence-electron chi connectivity index (χ1n) is 11.0. The third-order valence-electron chi connectivity index (χ3n) is 5.33. The maximum absolute atomic E-state index is 13.4. The van der Waals surface area contributed by atoms with E-state index in [9.17, 15) is 31.2 Å². The average molecular weight is 514 g/mol. The highest BCUT2D eigenvalue weighted by molar-refractivity contribution is 7.92. The van der Waals surface area contributed by atoms with Gasteiger partial charge in [0, 0.05) is 13.1 Å². The summed E-state index contributed by atoms with van der Waals surface area (Å²) in [6.45, 7) is 4.94. The zero-order chi connectivity index (χ0) is 26.4. The van der Waals surface area contributed by atoms with E-state index < -0.39 is 46.2 Å². The molecule has 2 aromatic carbocycles. The Morgan fingerprint density at radius 1 is 1.09 bits per heavy atom. The van der Waals surface area contributed by atoms with Gasteiger partial charge in [0.25, 0.3) is 0 Å². The molecule has 0 heterocycles. The summed E-state index contributed by atoms with van der Waals surface area (Å²) >= 11 is 0. The Labute approximate surface area is 204 Å². The molecule has 2 rings (SSSR count). The number of alkyl halides is 3. The van der Waals surface area contributed by atoms with Crippen LogP contribution in [0, 0.1) is 6.92 Å². The number of halogens is 3. The van der Waals surface area contributed by atoms with Gasteiger partial charge in [0.1, 0.15) is 12.6 Å². The molecule has 0 saturated heterocycles. The SMILES string of the molecule is CCCNC(=O)[C@@H](C)N(Cc1ccc(C)cc1)C(=O)CN(c1cccc(C(F)(F)F)c1)S(C)(=O)=O. The Hall–Kier alpha value is -3.08. The summed E-state index contributed by atoms with van der Waals surface area (Å²) in [4.78, 5) is 27.2. The predicted octanol–water partition coefficient (Wildman–Crippen LogP) is 3.72. The first-order chi connectivity index (χ1) is 16.2. The van der Waals surface area contributed by atoms with Gasteiger partial charge in [0.15, 0.2) is 0 Å². The van der Waals surface area contributed by atoms with Crippen LogP contribution in [0.1, 0.15) is 37.0 Å². The monoisotopic (exact) mass is 513 g/mol. The van der Waals surface area contributed by atoms with E-state index in [-0.39, 0.29) is 12.2 Å². The molecule has 0 aromatic heterocycles. The van der Waals surface area contributed by atoms with Gasteiger partial charge in [0.05, 0.1) is 17.5 Å². The highest BCUT2D eigenvalue weighted by Gasteiger charge is 2.33. The van der Waals surface area contributed by atoms with Crippen molar-refractivity contribution in [2.45, 2.75) is 46.0 Å². The van der Waals surface area contributed by atoms with Crippen molar-refractivity contribution < 1.29 is 31.2 Å². The molecule has 2 amide bonds. The van der Waals surface area contributed by atoms with Gasteiger partial charge in [-0.1, -0.05) is 42.8 Å². The summed E-state index contributed by atoms with van der Waals surface area (Å²) in [7, 11) is -4.13. The maximum Gasteiger partial charge on any atom is 0.416 e. The van der Waals surface area contributed by atoms with Crippen LogP contribution in [0.25, 0.3) is 0 Å². The number of hydrogen-bond acceptors (Lipinski definition) is 4. The van der Waals surface area contributed by atoms with Gasteiger partial charge in [-0.25, -0.2) is 8.42 Å². The molecule has 0 fully saturated rings. The van der Waals surface area contributed by atoms with Crippen molar-refractivity contribution in [3.63, 3.8) is 0 Å². The van der Waals surface area contributed by atoms with Crippen LogP contribution in [0.2, 0.25) is 0 Å². The van der Waals surface area contributed by atoms with Crippen molar-refractivity contribution in [2.75, 3.05) is 23.7 Å². The van der Waals surface area contributed by atoms with Crippen LogP contribution in [0.15, 0.2) is 48.5 Å². The molecule has 2 aromatic rings. The summed E-state index contributed by atoms with van der Waals surface area (Å²) in [6.07, 6.45) is -3.20. The molecular weight excluding hydrogens is 483 g/mol. The molecule has 0 aliphatic rings. The van der Waals surface area contributed by atoms with E-state index in [4.69, 9.17) is 0 Å². The largest absolute Gasteiger partial charge is 0.416 e. The van der Waals surface area contributed by atoms with Crippen molar-refractivity contribution in [3.8, 4) is 0 Å². The second kappa shape index (κ2) is 11.6. The van der Waals surface area contributed by atoms with E-state index in [1.54, 1.807) is 12.1 Å². The van der Waals surface area contributed by atoms with Crippen LogP contribution in [-0.4, -0.2) is 50.5 Å². The number of anilines is 1. The quantitative estimate of drug-likeness (QED) is 0.525. The molecule has 11 heteroatoms. The number of hydrogen-bond donors (Lipinski definition) is 1. The van der Waals surface area contributed by atoms with Crippen molar-refractivity contribution in [3.05, 3.63) is 65.2 Å². The Kier molecular flexibility index (Phi) is 9.31. The molecule has 0 spiro atoms. The van der Waals surface area contributed by atoms with Gasteiger partial charge in [-0.3, -0.25) is 13.9 Å². The summed E-state index contributed by atoms with van der Waals surface area (Å²) in [5.74, 6) is -1.15.